The van der Waals surface area contributed by atoms with Crippen LogP contribution in [-0.2, 0) is 9.59 Å². The Morgan fingerprint density at radius 2 is 1.73 bits per heavy atom. The highest BCUT2D eigenvalue weighted by Crippen LogP contribution is 2.25. The highest BCUT2D eigenvalue weighted by molar-refractivity contribution is 6.40. The number of benzene rings is 2. The summed E-state index contributed by atoms with van der Waals surface area (Å²) in [5, 5.41) is 19.6. The maximum atomic E-state index is 12.6. The largest absolute Gasteiger partial charge is 0.504 e. The van der Waals surface area contributed by atoms with Gasteiger partial charge < -0.3 is 5.11 Å². The average molecular weight is 446 g/mol. The molecule has 0 saturated carbocycles. The summed E-state index contributed by atoms with van der Waals surface area (Å²) in [5.41, 5.74) is 7.40. The fourth-order valence-electron chi connectivity index (χ4n) is 3.34. The van der Waals surface area contributed by atoms with E-state index in [0.717, 1.165) is 11.1 Å². The van der Waals surface area contributed by atoms with Gasteiger partial charge in [-0.25, -0.2) is 9.69 Å². The first-order valence-corrected chi connectivity index (χ1v) is 10.3. The molecule has 3 amide bonds. The van der Waals surface area contributed by atoms with Crippen LogP contribution >= 0.6 is 0 Å². The van der Waals surface area contributed by atoms with Gasteiger partial charge in [-0.05, 0) is 43.2 Å². The molecule has 4 rings (SSSR count). The predicted octanol–water partition coefficient (Wildman–Crippen LogP) is 2.14. The Kier molecular flexibility index (Phi) is 5.90. The standard InChI is InChI=1S/C23H22N6O4/c1-14-8-9-15(2)18(12-14)29-20(31)11-10-17(26-29)22(32)24-25-23(33)21-19(30)13-28(27-21)16-6-4-3-5-7-16/h3-9,12-13,30H,10-11H2,1-2H3,(H,24,32)(H,25,33). The van der Waals surface area contributed by atoms with Gasteiger partial charge in [0.15, 0.2) is 11.4 Å². The molecule has 3 N–H and O–H groups in total. The highest BCUT2D eigenvalue weighted by atomic mass is 16.3. The summed E-state index contributed by atoms with van der Waals surface area (Å²) >= 11 is 0. The smallest absolute Gasteiger partial charge is 0.294 e. The van der Waals surface area contributed by atoms with Gasteiger partial charge in [0.05, 0.1) is 17.6 Å². The van der Waals surface area contributed by atoms with E-state index >= 15 is 0 Å². The van der Waals surface area contributed by atoms with Gasteiger partial charge in [-0.1, -0.05) is 30.3 Å². The van der Waals surface area contributed by atoms with Gasteiger partial charge in [0.2, 0.25) is 5.91 Å². The fourth-order valence-corrected chi connectivity index (χ4v) is 3.34. The number of aromatic hydroxyl groups is 1. The summed E-state index contributed by atoms with van der Waals surface area (Å²) in [5.74, 6) is -2.02. The quantitative estimate of drug-likeness (QED) is 0.529. The first-order valence-electron chi connectivity index (χ1n) is 10.3. The van der Waals surface area contributed by atoms with Crippen LogP contribution in [0.5, 0.6) is 5.75 Å². The molecule has 0 aliphatic carbocycles. The molecule has 0 radical (unpaired) electrons. The molecule has 3 aromatic rings. The van der Waals surface area contributed by atoms with Crippen LogP contribution < -0.4 is 15.9 Å². The molecule has 0 saturated heterocycles. The van der Waals surface area contributed by atoms with Crippen LogP contribution in [-0.4, -0.2) is 38.3 Å². The number of hydrogen-bond donors (Lipinski definition) is 3. The summed E-state index contributed by atoms with van der Waals surface area (Å²) in [7, 11) is 0. The number of hydrogen-bond acceptors (Lipinski definition) is 6. The van der Waals surface area contributed by atoms with Crippen molar-refractivity contribution in [2.75, 3.05) is 5.01 Å². The SMILES string of the molecule is Cc1ccc(C)c(N2N=C(C(=O)NNC(=O)c3nn(-c4ccccc4)cc3O)CCC2=O)c1. The van der Waals surface area contributed by atoms with Gasteiger partial charge >= 0.3 is 0 Å². The summed E-state index contributed by atoms with van der Waals surface area (Å²) in [4.78, 5) is 37.5. The maximum absolute atomic E-state index is 12.6. The van der Waals surface area contributed by atoms with Crippen molar-refractivity contribution in [2.45, 2.75) is 26.7 Å². The number of carbonyl (C=O) groups excluding carboxylic acids is 3. The Morgan fingerprint density at radius 3 is 2.48 bits per heavy atom. The molecule has 1 aliphatic rings. The summed E-state index contributed by atoms with van der Waals surface area (Å²) < 4.78 is 1.35. The first kappa shape index (κ1) is 21.8. The number of nitrogens with zero attached hydrogens (tertiary/aromatic N) is 4. The molecule has 168 valence electrons. The lowest BCUT2D eigenvalue weighted by Crippen LogP contribution is -2.47. The highest BCUT2D eigenvalue weighted by Gasteiger charge is 2.27. The topological polar surface area (TPSA) is 129 Å². The number of hydrazone groups is 1. The van der Waals surface area contributed by atoms with Crippen LogP contribution in [0.4, 0.5) is 5.69 Å². The van der Waals surface area contributed by atoms with E-state index in [1.54, 1.807) is 24.3 Å². The van der Waals surface area contributed by atoms with Crippen LogP contribution in [0.15, 0.2) is 59.8 Å². The third kappa shape index (κ3) is 4.59. The van der Waals surface area contributed by atoms with Crippen molar-refractivity contribution in [3.63, 3.8) is 0 Å². The molecular formula is C23H22N6O4. The first-order chi connectivity index (χ1) is 15.8. The van der Waals surface area contributed by atoms with Gasteiger partial charge in [-0.15, -0.1) is 0 Å². The van der Waals surface area contributed by atoms with Crippen molar-refractivity contribution < 1.29 is 19.5 Å². The number of rotatable bonds is 4. The van der Waals surface area contributed by atoms with E-state index in [2.05, 4.69) is 21.1 Å². The molecule has 1 aromatic heterocycles. The number of aromatic nitrogens is 2. The number of nitrogens with one attached hydrogen (secondary N) is 2. The van der Waals surface area contributed by atoms with E-state index < -0.39 is 11.8 Å². The van der Waals surface area contributed by atoms with E-state index in [4.69, 9.17) is 0 Å². The third-order valence-electron chi connectivity index (χ3n) is 5.11. The Hall–Kier alpha value is -4.47. The minimum Gasteiger partial charge on any atom is -0.504 e. The lowest BCUT2D eigenvalue weighted by molar-refractivity contribution is -0.119. The number of aryl methyl sites for hydroxylation is 2. The van der Waals surface area contributed by atoms with Crippen LogP contribution in [0, 0.1) is 13.8 Å². The van der Waals surface area contributed by atoms with E-state index in [1.165, 1.54) is 15.9 Å². The lowest BCUT2D eigenvalue weighted by Gasteiger charge is -2.24. The fraction of sp³-hybridized carbons (Fsp3) is 0.174. The molecule has 33 heavy (non-hydrogen) atoms. The summed E-state index contributed by atoms with van der Waals surface area (Å²) in [6.07, 6.45) is 1.54. The predicted molar refractivity (Wildman–Crippen MR) is 121 cm³/mol. The second-order valence-corrected chi connectivity index (χ2v) is 7.59. The minimum absolute atomic E-state index is 0.0924. The zero-order chi connectivity index (χ0) is 23.5. The maximum Gasteiger partial charge on any atom is 0.294 e. The van der Waals surface area contributed by atoms with Crippen molar-refractivity contribution in [1.29, 1.82) is 0 Å². The second-order valence-electron chi connectivity index (χ2n) is 7.59. The van der Waals surface area contributed by atoms with E-state index in [1.807, 2.05) is 38.1 Å². The van der Waals surface area contributed by atoms with Crippen molar-refractivity contribution in [3.05, 3.63) is 71.5 Å². The number of anilines is 1. The normalized spacial score (nSPS) is 13.5. The van der Waals surface area contributed by atoms with Crippen molar-refractivity contribution in [1.82, 2.24) is 20.6 Å². The van der Waals surface area contributed by atoms with Gasteiger partial charge in [0, 0.05) is 12.8 Å². The summed E-state index contributed by atoms with van der Waals surface area (Å²) in [6.45, 7) is 3.76. The molecule has 2 aromatic carbocycles. The zero-order valence-corrected chi connectivity index (χ0v) is 18.1. The second kappa shape index (κ2) is 8.95. The number of carbonyl (C=O) groups is 3. The van der Waals surface area contributed by atoms with Crippen LogP contribution in [0.25, 0.3) is 5.69 Å². The van der Waals surface area contributed by atoms with Gasteiger partial charge in [-0.3, -0.25) is 25.2 Å². The molecule has 10 heteroatoms. The Balaban J connectivity index is 1.46. The Labute approximate surface area is 189 Å². The molecular weight excluding hydrogens is 424 g/mol. The van der Waals surface area contributed by atoms with Crippen LogP contribution in [0.2, 0.25) is 0 Å². The van der Waals surface area contributed by atoms with Gasteiger partial charge in [0.25, 0.3) is 11.8 Å². The van der Waals surface area contributed by atoms with Gasteiger partial charge in [0.1, 0.15) is 5.71 Å². The number of para-hydroxylation sites is 1. The number of hydrazine groups is 1. The van der Waals surface area contributed by atoms with Crippen LogP contribution in [0.3, 0.4) is 0 Å². The molecule has 0 bridgehead atoms. The molecule has 0 atom stereocenters. The van der Waals surface area contributed by atoms with E-state index in [-0.39, 0.29) is 35.9 Å². The minimum atomic E-state index is -0.797. The molecule has 1 aliphatic heterocycles. The summed E-state index contributed by atoms with van der Waals surface area (Å²) in [6, 6.07) is 14.6. The molecule has 0 spiro atoms. The van der Waals surface area contributed by atoms with E-state index in [0.29, 0.717) is 11.4 Å². The lowest BCUT2D eigenvalue weighted by atomic mass is 10.1. The Bertz CT molecular complexity index is 1270. The molecule has 0 unspecified atom stereocenters. The van der Waals surface area contributed by atoms with Crippen LogP contribution in [0.1, 0.15) is 34.5 Å². The Morgan fingerprint density at radius 1 is 1.00 bits per heavy atom. The monoisotopic (exact) mass is 446 g/mol. The molecule has 2 heterocycles. The average Bonchev–Trinajstić information content (AvgIpc) is 3.21. The van der Waals surface area contributed by atoms with Crippen molar-refractivity contribution in [3.8, 4) is 11.4 Å². The zero-order valence-electron chi connectivity index (χ0n) is 18.1. The third-order valence-corrected chi connectivity index (χ3v) is 5.11. The van der Waals surface area contributed by atoms with Gasteiger partial charge in [-0.2, -0.15) is 10.2 Å². The van der Waals surface area contributed by atoms with Crippen molar-refractivity contribution in [2.24, 2.45) is 5.10 Å². The van der Waals surface area contributed by atoms with E-state index in [9.17, 15) is 19.5 Å². The molecule has 10 nitrogen and oxygen atoms in total. The molecule has 0 fully saturated rings. The number of amides is 3. The van der Waals surface area contributed by atoms with Crippen molar-refractivity contribution >= 4 is 29.1 Å².